The number of hydrazone groups is 1. The summed E-state index contributed by atoms with van der Waals surface area (Å²) in [5, 5.41) is 3.76. The topological polar surface area (TPSA) is 116 Å². The van der Waals surface area contributed by atoms with Gasteiger partial charge in [0, 0.05) is 14.1 Å². The Balaban J connectivity index is 1.84. The molecule has 0 radical (unpaired) electrons. The van der Waals surface area contributed by atoms with E-state index in [9.17, 15) is 14.4 Å². The second-order valence-corrected chi connectivity index (χ2v) is 5.06. The van der Waals surface area contributed by atoms with Gasteiger partial charge in [-0.15, -0.1) is 0 Å². The minimum absolute atomic E-state index is 0.117. The molecule has 0 aromatic carbocycles. The molecule has 0 saturated heterocycles. The lowest BCUT2D eigenvalue weighted by Gasteiger charge is -2.07. The fourth-order valence-electron chi connectivity index (χ4n) is 2.28. The molecule has 0 spiro atoms. The van der Waals surface area contributed by atoms with E-state index in [1.165, 1.54) is 42.0 Å². The number of furan rings is 1. The molecule has 0 unspecified atom stereocenters. The minimum atomic E-state index is -0.511. The number of hydrogen-bond donors (Lipinski definition) is 1. The van der Waals surface area contributed by atoms with Gasteiger partial charge in [0.15, 0.2) is 5.52 Å². The van der Waals surface area contributed by atoms with E-state index < -0.39 is 17.2 Å². The lowest BCUT2D eigenvalue weighted by atomic mass is 10.5. The molecule has 0 saturated carbocycles. The molecule has 1 amide bonds. The predicted octanol–water partition coefficient (Wildman–Crippen LogP) is -0.823. The Morgan fingerprint density at radius 1 is 1.38 bits per heavy atom. The van der Waals surface area contributed by atoms with Crippen LogP contribution in [0, 0.1) is 0 Å². The third-order valence-electron chi connectivity index (χ3n) is 3.45. The van der Waals surface area contributed by atoms with E-state index in [0.29, 0.717) is 5.76 Å². The lowest BCUT2D eigenvalue weighted by molar-refractivity contribution is -0.121. The molecule has 3 aromatic heterocycles. The largest absolute Gasteiger partial charge is 0.463 e. The van der Waals surface area contributed by atoms with Gasteiger partial charge in [-0.2, -0.15) is 5.10 Å². The Morgan fingerprint density at radius 3 is 2.88 bits per heavy atom. The number of nitrogens with one attached hydrogen (secondary N) is 1. The number of fused-ring (bicyclic) bond motifs is 1. The normalized spacial score (nSPS) is 11.4. The van der Waals surface area contributed by atoms with Crippen molar-refractivity contribution in [3.8, 4) is 0 Å². The molecule has 1 N–H and O–H groups in total. The molecule has 3 heterocycles. The number of carbonyl (C=O) groups excluding carboxylic acids is 1. The van der Waals surface area contributed by atoms with E-state index in [2.05, 4.69) is 15.5 Å². The molecule has 3 aromatic rings. The van der Waals surface area contributed by atoms with E-state index in [4.69, 9.17) is 4.42 Å². The fourth-order valence-corrected chi connectivity index (χ4v) is 2.28. The van der Waals surface area contributed by atoms with Gasteiger partial charge in [-0.05, 0) is 12.1 Å². The number of hydrogen-bond acceptors (Lipinski definition) is 6. The first-order chi connectivity index (χ1) is 11.5. The average molecular weight is 330 g/mol. The van der Waals surface area contributed by atoms with Crippen molar-refractivity contribution in [2.45, 2.75) is 6.54 Å². The average Bonchev–Trinajstić information content (AvgIpc) is 3.21. The van der Waals surface area contributed by atoms with E-state index in [0.717, 1.165) is 4.57 Å². The first-order valence-electron chi connectivity index (χ1n) is 6.95. The Labute approximate surface area is 134 Å². The summed E-state index contributed by atoms with van der Waals surface area (Å²) in [6.45, 7) is -0.146. The number of amides is 1. The molecule has 0 aliphatic heterocycles. The smallest absolute Gasteiger partial charge is 0.332 e. The standard InChI is InChI=1S/C14H14N6O4/c1-18-12-11(13(22)19(2)14(18)23)15-8-20(12)7-10(21)17-16-6-9-4-3-5-24-9/h3-6,8H,7H2,1-2H3,(H,17,21). The Hall–Kier alpha value is -3.43. The lowest BCUT2D eigenvalue weighted by Crippen LogP contribution is -2.37. The summed E-state index contributed by atoms with van der Waals surface area (Å²) in [6, 6.07) is 3.38. The van der Waals surface area contributed by atoms with Gasteiger partial charge in [0.05, 0.1) is 18.8 Å². The summed E-state index contributed by atoms with van der Waals surface area (Å²) in [5.41, 5.74) is 1.72. The highest BCUT2D eigenvalue weighted by Gasteiger charge is 2.15. The van der Waals surface area contributed by atoms with Crippen LogP contribution >= 0.6 is 0 Å². The van der Waals surface area contributed by atoms with Crippen LogP contribution < -0.4 is 16.7 Å². The van der Waals surface area contributed by atoms with Crippen molar-refractivity contribution in [3.05, 3.63) is 51.3 Å². The molecular formula is C14H14N6O4. The van der Waals surface area contributed by atoms with Gasteiger partial charge < -0.3 is 8.98 Å². The zero-order chi connectivity index (χ0) is 17.3. The summed E-state index contributed by atoms with van der Waals surface area (Å²) in [7, 11) is 2.88. The number of aryl methyl sites for hydroxylation is 1. The monoisotopic (exact) mass is 330 g/mol. The van der Waals surface area contributed by atoms with E-state index in [1.807, 2.05) is 0 Å². The summed E-state index contributed by atoms with van der Waals surface area (Å²) >= 11 is 0. The summed E-state index contributed by atoms with van der Waals surface area (Å²) in [4.78, 5) is 40.0. The maximum absolute atomic E-state index is 12.0. The summed E-state index contributed by atoms with van der Waals surface area (Å²) in [6.07, 6.45) is 4.18. The zero-order valence-electron chi connectivity index (χ0n) is 13.0. The number of rotatable bonds is 4. The Morgan fingerprint density at radius 2 is 2.17 bits per heavy atom. The van der Waals surface area contributed by atoms with Gasteiger partial charge >= 0.3 is 5.69 Å². The molecule has 0 bridgehead atoms. The zero-order valence-corrected chi connectivity index (χ0v) is 13.0. The third kappa shape index (κ3) is 2.64. The van der Waals surface area contributed by atoms with Gasteiger partial charge in [-0.25, -0.2) is 15.2 Å². The van der Waals surface area contributed by atoms with Gasteiger partial charge in [-0.1, -0.05) is 0 Å². The van der Waals surface area contributed by atoms with Crippen LogP contribution in [0.25, 0.3) is 11.2 Å². The van der Waals surface area contributed by atoms with Crippen LogP contribution in [0.15, 0.2) is 43.8 Å². The van der Waals surface area contributed by atoms with Crippen molar-refractivity contribution in [3.63, 3.8) is 0 Å². The molecular weight excluding hydrogens is 316 g/mol. The molecule has 24 heavy (non-hydrogen) atoms. The first-order valence-corrected chi connectivity index (χ1v) is 6.95. The minimum Gasteiger partial charge on any atom is -0.463 e. The molecule has 0 aliphatic rings. The molecule has 0 fully saturated rings. The van der Waals surface area contributed by atoms with Gasteiger partial charge in [0.25, 0.3) is 11.5 Å². The molecule has 0 atom stereocenters. The first kappa shape index (κ1) is 15.5. The van der Waals surface area contributed by atoms with Crippen molar-refractivity contribution in [2.24, 2.45) is 19.2 Å². The van der Waals surface area contributed by atoms with Crippen molar-refractivity contribution < 1.29 is 9.21 Å². The van der Waals surface area contributed by atoms with Crippen LogP contribution in [0.2, 0.25) is 0 Å². The summed E-state index contributed by atoms with van der Waals surface area (Å²) in [5.74, 6) is 0.0551. The molecule has 3 rings (SSSR count). The Bertz CT molecular complexity index is 1040. The second-order valence-electron chi connectivity index (χ2n) is 5.06. The van der Waals surface area contributed by atoms with Gasteiger partial charge in [-0.3, -0.25) is 18.7 Å². The summed E-state index contributed by atoms with van der Waals surface area (Å²) < 4.78 is 8.69. The van der Waals surface area contributed by atoms with Crippen molar-refractivity contribution >= 4 is 23.3 Å². The van der Waals surface area contributed by atoms with E-state index >= 15 is 0 Å². The van der Waals surface area contributed by atoms with Crippen LogP contribution in [-0.2, 0) is 25.4 Å². The maximum Gasteiger partial charge on any atom is 0.332 e. The molecule has 10 heteroatoms. The van der Waals surface area contributed by atoms with Crippen molar-refractivity contribution in [1.82, 2.24) is 24.1 Å². The molecule has 0 aliphatic carbocycles. The second kappa shape index (κ2) is 5.99. The van der Waals surface area contributed by atoms with E-state index in [1.54, 1.807) is 12.1 Å². The number of nitrogens with zero attached hydrogens (tertiary/aromatic N) is 5. The van der Waals surface area contributed by atoms with Crippen LogP contribution in [0.3, 0.4) is 0 Å². The van der Waals surface area contributed by atoms with Crippen LogP contribution in [0.5, 0.6) is 0 Å². The molecule has 10 nitrogen and oxygen atoms in total. The van der Waals surface area contributed by atoms with Crippen LogP contribution in [0.4, 0.5) is 0 Å². The number of carbonyl (C=O) groups is 1. The number of aromatic nitrogens is 4. The Kier molecular flexibility index (Phi) is 3.86. The highest BCUT2D eigenvalue weighted by molar-refractivity contribution is 5.81. The van der Waals surface area contributed by atoms with Crippen LogP contribution in [-0.4, -0.2) is 30.8 Å². The highest BCUT2D eigenvalue weighted by Crippen LogP contribution is 2.05. The van der Waals surface area contributed by atoms with Crippen molar-refractivity contribution in [2.75, 3.05) is 0 Å². The SMILES string of the molecule is Cn1c(=O)c2ncn(CC(=O)NN=Cc3ccco3)c2n(C)c1=O. The van der Waals surface area contributed by atoms with Crippen LogP contribution in [0.1, 0.15) is 5.76 Å². The van der Waals surface area contributed by atoms with E-state index in [-0.39, 0.29) is 17.7 Å². The third-order valence-corrected chi connectivity index (χ3v) is 3.45. The fraction of sp³-hybridized carbons (Fsp3) is 0.214. The molecule has 124 valence electrons. The van der Waals surface area contributed by atoms with Crippen molar-refractivity contribution in [1.29, 1.82) is 0 Å². The van der Waals surface area contributed by atoms with Gasteiger partial charge in [0.1, 0.15) is 18.0 Å². The predicted molar refractivity (Wildman–Crippen MR) is 84.7 cm³/mol. The highest BCUT2D eigenvalue weighted by atomic mass is 16.3. The maximum atomic E-state index is 12.0. The quantitative estimate of drug-likeness (QED) is 0.495. The van der Waals surface area contributed by atoms with Gasteiger partial charge in [0.2, 0.25) is 0 Å². The number of imidazole rings is 1.